The summed E-state index contributed by atoms with van der Waals surface area (Å²) in [5, 5.41) is 2.08. The number of carbonyl (C=O) groups excluding carboxylic acids is 2. The Morgan fingerprint density at radius 3 is 2.40 bits per heavy atom. The molecular formula is C17H20ClF3N2O2. The lowest BCUT2D eigenvalue weighted by Gasteiger charge is -2.23. The minimum atomic E-state index is -4.58. The topological polar surface area (TPSA) is 49.4 Å². The Morgan fingerprint density at radius 2 is 1.88 bits per heavy atom. The summed E-state index contributed by atoms with van der Waals surface area (Å²) in [6.45, 7) is 6.26. The van der Waals surface area contributed by atoms with Crippen LogP contribution in [0, 0.1) is 0 Å². The van der Waals surface area contributed by atoms with Crippen LogP contribution in [0.15, 0.2) is 24.3 Å². The van der Waals surface area contributed by atoms with Crippen LogP contribution in [0.3, 0.4) is 0 Å². The highest BCUT2D eigenvalue weighted by molar-refractivity contribution is 6.31. The number of alkyl halides is 3. The van der Waals surface area contributed by atoms with Crippen molar-refractivity contribution >= 4 is 29.5 Å². The first-order valence-corrected chi connectivity index (χ1v) is 8.12. The van der Waals surface area contributed by atoms with Gasteiger partial charge in [-0.15, -0.1) is 0 Å². The van der Waals surface area contributed by atoms with Crippen LogP contribution in [0.5, 0.6) is 0 Å². The molecule has 25 heavy (non-hydrogen) atoms. The molecule has 1 atom stereocenters. The fourth-order valence-electron chi connectivity index (χ4n) is 2.17. The number of hydrogen-bond donors (Lipinski definition) is 1. The van der Waals surface area contributed by atoms with E-state index in [1.165, 1.54) is 12.1 Å². The molecule has 0 saturated carbocycles. The standard InChI is InChI=1S/C17H20ClF3N2O2/c1-4-23(5-2)16(25)11(3)22-15(24)9-7-12-6-8-14(18)13(10-12)17(19,20)21/h6-11H,4-5H2,1-3H3,(H,22,24)/b9-7+. The second-order valence-corrected chi connectivity index (χ2v) is 5.72. The third kappa shape index (κ3) is 6.08. The minimum absolute atomic E-state index is 0.176. The van der Waals surface area contributed by atoms with Crippen LogP contribution >= 0.6 is 11.6 Å². The predicted octanol–water partition coefficient (Wildman–Crippen LogP) is 3.75. The molecule has 0 spiro atoms. The molecule has 0 heterocycles. The number of benzene rings is 1. The Balaban J connectivity index is 2.79. The van der Waals surface area contributed by atoms with Gasteiger partial charge in [-0.3, -0.25) is 9.59 Å². The van der Waals surface area contributed by atoms with Gasteiger partial charge in [0, 0.05) is 19.2 Å². The predicted molar refractivity (Wildman–Crippen MR) is 91.0 cm³/mol. The molecule has 1 aromatic carbocycles. The van der Waals surface area contributed by atoms with E-state index in [4.69, 9.17) is 11.6 Å². The van der Waals surface area contributed by atoms with Gasteiger partial charge in [0.25, 0.3) is 0 Å². The van der Waals surface area contributed by atoms with Crippen molar-refractivity contribution in [2.24, 2.45) is 0 Å². The van der Waals surface area contributed by atoms with Gasteiger partial charge in [0.15, 0.2) is 0 Å². The molecule has 0 bridgehead atoms. The zero-order chi connectivity index (χ0) is 19.2. The van der Waals surface area contributed by atoms with Crippen molar-refractivity contribution in [3.63, 3.8) is 0 Å². The quantitative estimate of drug-likeness (QED) is 0.769. The summed E-state index contributed by atoms with van der Waals surface area (Å²) in [5.41, 5.74) is -0.795. The van der Waals surface area contributed by atoms with Gasteiger partial charge < -0.3 is 10.2 Å². The lowest BCUT2D eigenvalue weighted by atomic mass is 10.1. The SMILES string of the molecule is CCN(CC)C(=O)C(C)NC(=O)/C=C/c1ccc(Cl)c(C(F)(F)F)c1. The van der Waals surface area contributed by atoms with Crippen molar-refractivity contribution < 1.29 is 22.8 Å². The van der Waals surface area contributed by atoms with Gasteiger partial charge in [-0.05, 0) is 44.5 Å². The Morgan fingerprint density at radius 1 is 1.28 bits per heavy atom. The monoisotopic (exact) mass is 376 g/mol. The smallest absolute Gasteiger partial charge is 0.341 e. The van der Waals surface area contributed by atoms with E-state index in [-0.39, 0.29) is 11.5 Å². The highest BCUT2D eigenvalue weighted by atomic mass is 35.5. The second-order valence-electron chi connectivity index (χ2n) is 5.31. The molecule has 1 N–H and O–H groups in total. The summed E-state index contributed by atoms with van der Waals surface area (Å²) in [5.74, 6) is -0.797. The Labute approximate surface area is 149 Å². The molecule has 4 nitrogen and oxygen atoms in total. The van der Waals surface area contributed by atoms with Gasteiger partial charge in [0.1, 0.15) is 6.04 Å². The van der Waals surface area contributed by atoms with Crippen molar-refractivity contribution in [1.82, 2.24) is 10.2 Å². The van der Waals surface area contributed by atoms with Gasteiger partial charge in [0.05, 0.1) is 10.6 Å². The summed E-state index contributed by atoms with van der Waals surface area (Å²) in [7, 11) is 0. The van der Waals surface area contributed by atoms with Crippen LogP contribution in [-0.4, -0.2) is 35.8 Å². The van der Waals surface area contributed by atoms with E-state index in [2.05, 4.69) is 5.32 Å². The molecule has 1 rings (SSSR count). The van der Waals surface area contributed by atoms with Crippen molar-refractivity contribution in [1.29, 1.82) is 0 Å². The molecular weight excluding hydrogens is 357 g/mol. The van der Waals surface area contributed by atoms with Crippen LogP contribution in [-0.2, 0) is 15.8 Å². The van der Waals surface area contributed by atoms with Crippen LogP contribution in [0.2, 0.25) is 5.02 Å². The number of likely N-dealkylation sites (N-methyl/N-ethyl adjacent to an activating group) is 1. The van der Waals surface area contributed by atoms with Gasteiger partial charge in [-0.1, -0.05) is 17.7 Å². The molecule has 0 fully saturated rings. The summed E-state index contributed by atoms with van der Waals surface area (Å²) in [4.78, 5) is 25.5. The first-order valence-electron chi connectivity index (χ1n) is 7.74. The first kappa shape index (κ1) is 21.0. The number of nitrogens with one attached hydrogen (secondary N) is 1. The van der Waals surface area contributed by atoms with Gasteiger partial charge >= 0.3 is 6.18 Å². The average molecular weight is 377 g/mol. The molecule has 8 heteroatoms. The van der Waals surface area contributed by atoms with E-state index in [0.717, 1.165) is 18.2 Å². The van der Waals surface area contributed by atoms with Crippen LogP contribution in [0.1, 0.15) is 31.9 Å². The Hall–Kier alpha value is -2.02. The number of rotatable bonds is 6. The fraction of sp³-hybridized carbons (Fsp3) is 0.412. The highest BCUT2D eigenvalue weighted by Gasteiger charge is 2.33. The first-order chi connectivity index (χ1) is 11.6. The van der Waals surface area contributed by atoms with E-state index in [9.17, 15) is 22.8 Å². The third-order valence-electron chi connectivity index (χ3n) is 3.53. The van der Waals surface area contributed by atoms with Crippen molar-refractivity contribution in [2.45, 2.75) is 33.0 Å². The lowest BCUT2D eigenvalue weighted by Crippen LogP contribution is -2.46. The molecule has 2 amide bonds. The van der Waals surface area contributed by atoms with E-state index in [0.29, 0.717) is 13.1 Å². The molecule has 1 aromatic rings. The molecule has 0 aliphatic heterocycles. The van der Waals surface area contributed by atoms with E-state index >= 15 is 0 Å². The maximum absolute atomic E-state index is 12.8. The van der Waals surface area contributed by atoms with Gasteiger partial charge in [-0.25, -0.2) is 0 Å². The number of amides is 2. The molecule has 0 saturated heterocycles. The average Bonchev–Trinajstić information content (AvgIpc) is 2.53. The summed E-state index contributed by atoms with van der Waals surface area (Å²) in [6.07, 6.45) is -2.27. The van der Waals surface area contributed by atoms with E-state index < -0.39 is 28.7 Å². The molecule has 1 unspecified atom stereocenters. The Kier molecular flexibility index (Phi) is 7.48. The van der Waals surface area contributed by atoms with Crippen molar-refractivity contribution in [3.05, 3.63) is 40.4 Å². The van der Waals surface area contributed by atoms with Crippen LogP contribution in [0.25, 0.3) is 6.08 Å². The van der Waals surface area contributed by atoms with Crippen molar-refractivity contribution in [2.75, 3.05) is 13.1 Å². The van der Waals surface area contributed by atoms with Crippen molar-refractivity contribution in [3.8, 4) is 0 Å². The van der Waals surface area contributed by atoms with Crippen LogP contribution in [0.4, 0.5) is 13.2 Å². The number of nitrogens with zero attached hydrogens (tertiary/aromatic N) is 1. The summed E-state index contributed by atoms with van der Waals surface area (Å²) >= 11 is 5.54. The zero-order valence-electron chi connectivity index (χ0n) is 14.2. The molecule has 138 valence electrons. The maximum Gasteiger partial charge on any atom is 0.417 e. The highest BCUT2D eigenvalue weighted by Crippen LogP contribution is 2.35. The molecule has 0 aliphatic rings. The summed E-state index contributed by atoms with van der Waals surface area (Å²) < 4.78 is 38.4. The third-order valence-corrected chi connectivity index (χ3v) is 3.86. The largest absolute Gasteiger partial charge is 0.417 e. The second kappa shape index (κ2) is 8.89. The fourth-order valence-corrected chi connectivity index (χ4v) is 2.39. The number of halogens is 4. The molecule has 0 radical (unpaired) electrons. The number of hydrogen-bond acceptors (Lipinski definition) is 2. The van der Waals surface area contributed by atoms with Gasteiger partial charge in [0.2, 0.25) is 11.8 Å². The van der Waals surface area contributed by atoms with Gasteiger partial charge in [-0.2, -0.15) is 13.2 Å². The van der Waals surface area contributed by atoms with E-state index in [1.54, 1.807) is 11.8 Å². The maximum atomic E-state index is 12.8. The molecule has 0 aliphatic carbocycles. The summed E-state index contributed by atoms with van der Waals surface area (Å²) in [6, 6.07) is 2.62. The zero-order valence-corrected chi connectivity index (χ0v) is 14.9. The normalized spacial score (nSPS) is 12.9. The Bertz CT molecular complexity index is 656. The lowest BCUT2D eigenvalue weighted by molar-refractivity contribution is -0.137. The van der Waals surface area contributed by atoms with E-state index in [1.807, 2.05) is 13.8 Å². The molecule has 0 aromatic heterocycles. The minimum Gasteiger partial charge on any atom is -0.341 e. The number of carbonyl (C=O) groups is 2. The van der Waals surface area contributed by atoms with Crippen LogP contribution < -0.4 is 5.32 Å².